The molecule has 2 unspecified atom stereocenters. The van der Waals surface area contributed by atoms with Crippen molar-refractivity contribution in [2.45, 2.75) is 56.7 Å². The molecule has 2 saturated heterocycles. The van der Waals surface area contributed by atoms with E-state index in [4.69, 9.17) is 21.3 Å². The lowest BCUT2D eigenvalue weighted by molar-refractivity contribution is -0.132. The van der Waals surface area contributed by atoms with E-state index in [-0.39, 0.29) is 35.3 Å². The smallest absolute Gasteiger partial charge is 0.301 e. The number of halogens is 3. The van der Waals surface area contributed by atoms with Gasteiger partial charge in [0.05, 0.1) is 23.4 Å². The van der Waals surface area contributed by atoms with E-state index in [9.17, 15) is 18.4 Å². The Morgan fingerprint density at radius 2 is 1.93 bits per heavy atom. The largest absolute Gasteiger partial charge is 0.480 e. The fourth-order valence-electron chi connectivity index (χ4n) is 6.60. The highest BCUT2D eigenvalue weighted by Crippen LogP contribution is 2.45. The quantitative estimate of drug-likeness (QED) is 0.471. The summed E-state index contributed by atoms with van der Waals surface area (Å²) >= 11 is 6.49. The van der Waals surface area contributed by atoms with Crippen molar-refractivity contribution < 1.29 is 18.3 Å². The second kappa shape index (κ2) is 9.43. The number of carbonyl (C=O) groups excluding carboxylic acids is 1. The number of nitrogens with zero attached hydrogens (tertiary/aromatic N) is 5. The summed E-state index contributed by atoms with van der Waals surface area (Å²) in [7, 11) is 1.59. The summed E-state index contributed by atoms with van der Waals surface area (Å²) in [4.78, 5) is 38.4. The van der Waals surface area contributed by atoms with Gasteiger partial charge in [-0.25, -0.2) is 13.8 Å². The molecule has 0 spiro atoms. The van der Waals surface area contributed by atoms with Gasteiger partial charge in [-0.3, -0.25) is 9.59 Å². The van der Waals surface area contributed by atoms with Gasteiger partial charge < -0.3 is 29.7 Å². The van der Waals surface area contributed by atoms with Crippen LogP contribution in [0.4, 0.5) is 31.9 Å². The molecule has 3 atom stereocenters. The van der Waals surface area contributed by atoms with E-state index in [0.29, 0.717) is 59.3 Å². The maximum Gasteiger partial charge on any atom is 0.301 e. The van der Waals surface area contributed by atoms with Gasteiger partial charge in [-0.15, -0.1) is 0 Å². The van der Waals surface area contributed by atoms with Gasteiger partial charge in [-0.05, 0) is 49.8 Å². The van der Waals surface area contributed by atoms with Gasteiger partial charge in [0.25, 0.3) is 5.56 Å². The topological polar surface area (TPSA) is 105 Å². The molecule has 1 saturated carbocycles. The van der Waals surface area contributed by atoms with Crippen molar-refractivity contribution in [3.63, 3.8) is 0 Å². The number of benzene rings is 1. The molecule has 0 radical (unpaired) electrons. The van der Waals surface area contributed by atoms with Crippen molar-refractivity contribution in [3.05, 3.63) is 39.8 Å². The van der Waals surface area contributed by atoms with Gasteiger partial charge in [0.1, 0.15) is 5.02 Å². The fraction of sp³-hybridized carbons (Fsp3) is 0.500. The highest BCUT2D eigenvalue weighted by Gasteiger charge is 2.51. The Bertz CT molecular complexity index is 1610. The second-order valence-electron chi connectivity index (χ2n) is 11.5. The molecule has 5 heterocycles. The van der Waals surface area contributed by atoms with Gasteiger partial charge in [-0.2, -0.15) is 4.98 Å². The minimum atomic E-state index is -3.12. The molecule has 216 valence electrons. The Labute approximate surface area is 239 Å². The monoisotopic (exact) mass is 585 g/mol. The lowest BCUT2D eigenvalue weighted by Crippen LogP contribution is -2.55. The van der Waals surface area contributed by atoms with Crippen molar-refractivity contribution in [1.82, 2.24) is 19.4 Å². The Balaban J connectivity index is 1.22. The minimum absolute atomic E-state index is 0.0929. The summed E-state index contributed by atoms with van der Waals surface area (Å²) in [6, 6.07) is 4.46. The lowest BCUT2D eigenvalue weighted by atomic mass is 10.0. The molecule has 13 heteroatoms. The van der Waals surface area contributed by atoms with E-state index in [0.717, 1.165) is 12.8 Å². The summed E-state index contributed by atoms with van der Waals surface area (Å²) in [6.07, 6.45) is 4.86. The third-order valence-corrected chi connectivity index (χ3v) is 9.01. The normalized spacial score (nSPS) is 24.9. The minimum Gasteiger partial charge on any atom is -0.480 e. The molecule has 1 amide bonds. The van der Waals surface area contributed by atoms with Crippen molar-refractivity contribution in [3.8, 4) is 5.75 Å². The van der Waals surface area contributed by atoms with Crippen LogP contribution in [0.1, 0.15) is 32.6 Å². The van der Waals surface area contributed by atoms with Gasteiger partial charge in [-0.1, -0.05) is 11.6 Å². The van der Waals surface area contributed by atoms with Gasteiger partial charge in [0.15, 0.2) is 12.4 Å². The molecule has 10 nitrogen and oxygen atoms in total. The number of hydrogen-bond donors (Lipinski definition) is 2. The molecule has 1 aliphatic carbocycles. The number of fused-ring (bicyclic) bond motifs is 5. The van der Waals surface area contributed by atoms with E-state index in [1.807, 2.05) is 4.90 Å². The number of piperazine rings is 1. The number of rotatable bonds is 4. The highest BCUT2D eigenvalue weighted by atomic mass is 35.5. The Hall–Kier alpha value is -3.67. The number of alkyl halides is 2. The standard InChI is InChI=1S/C28H30ClF2N7O3/c1-14(39)38-17-6-7-18(38)12-37(11-17)27-32-10-20(29)25(35-27)33-16-5-8-21-19(9-16)22-23(26(40)36(21)2)41-13-28(30,31)24(34-22)15-3-4-15/h5,8-10,15,17-18,24,34H,3-4,6-7,11-13H2,1-2H3,(H,32,33,35)/t17?,18?,24-/m0/s1. The summed E-state index contributed by atoms with van der Waals surface area (Å²) in [5.41, 5.74) is 0.972. The van der Waals surface area contributed by atoms with E-state index in [1.165, 1.54) is 4.57 Å². The number of amides is 1. The number of aromatic nitrogens is 3. The summed E-state index contributed by atoms with van der Waals surface area (Å²) < 4.78 is 36.8. The zero-order valence-electron chi connectivity index (χ0n) is 22.7. The van der Waals surface area contributed by atoms with E-state index < -0.39 is 24.1 Å². The van der Waals surface area contributed by atoms with Gasteiger partial charge in [0, 0.05) is 50.2 Å². The van der Waals surface area contributed by atoms with Crippen LogP contribution in [-0.2, 0) is 11.8 Å². The maximum absolute atomic E-state index is 15.0. The van der Waals surface area contributed by atoms with E-state index in [1.54, 1.807) is 38.4 Å². The third-order valence-electron chi connectivity index (χ3n) is 8.73. The van der Waals surface area contributed by atoms with Crippen LogP contribution < -0.4 is 25.8 Å². The van der Waals surface area contributed by atoms with Gasteiger partial charge >= 0.3 is 5.92 Å². The number of carbonyl (C=O) groups is 1. The predicted octanol–water partition coefficient (Wildman–Crippen LogP) is 4.14. The molecule has 3 aliphatic heterocycles. The molecule has 1 aromatic carbocycles. The Kier molecular flexibility index (Phi) is 6.04. The predicted molar refractivity (Wildman–Crippen MR) is 152 cm³/mol. The molecule has 7 rings (SSSR count). The first-order valence-corrected chi connectivity index (χ1v) is 14.3. The lowest BCUT2D eigenvalue weighted by Gasteiger charge is -2.40. The highest BCUT2D eigenvalue weighted by molar-refractivity contribution is 6.33. The molecular weight excluding hydrogens is 556 g/mol. The second-order valence-corrected chi connectivity index (χ2v) is 11.9. The average molecular weight is 586 g/mol. The SMILES string of the molecule is CC(=O)N1C2CCC1CN(c1ncc(Cl)c(Nc3ccc4c(c3)c3c(c(=O)n4C)OCC(F)(F)[C@H](C4CC4)N3)n1)C2. The number of nitrogens with one attached hydrogen (secondary N) is 2. The first kappa shape index (κ1) is 26.2. The number of anilines is 4. The van der Waals surface area contributed by atoms with Gasteiger partial charge in [0.2, 0.25) is 17.6 Å². The molecule has 4 aliphatic rings. The molecule has 2 N–H and O–H groups in total. The van der Waals surface area contributed by atoms with Crippen molar-refractivity contribution in [2.75, 3.05) is 35.2 Å². The molecule has 2 bridgehead atoms. The zero-order chi connectivity index (χ0) is 28.6. The average Bonchev–Trinajstić information content (AvgIpc) is 3.75. The van der Waals surface area contributed by atoms with Crippen molar-refractivity contribution in [1.29, 1.82) is 0 Å². The van der Waals surface area contributed by atoms with Crippen molar-refractivity contribution >= 4 is 51.6 Å². The maximum atomic E-state index is 15.0. The Morgan fingerprint density at radius 3 is 2.61 bits per heavy atom. The number of pyridine rings is 1. The zero-order valence-corrected chi connectivity index (χ0v) is 23.4. The molecular formula is C28H30ClF2N7O3. The van der Waals surface area contributed by atoms with Crippen LogP contribution in [-0.4, -0.2) is 69.1 Å². The molecule has 3 fully saturated rings. The first-order chi connectivity index (χ1) is 19.6. The number of hydrogen-bond acceptors (Lipinski definition) is 8. The van der Waals surface area contributed by atoms with Crippen LogP contribution in [0.3, 0.4) is 0 Å². The molecule has 2 aromatic heterocycles. The van der Waals surface area contributed by atoms with Crippen LogP contribution in [0.15, 0.2) is 29.2 Å². The van der Waals surface area contributed by atoms with E-state index in [2.05, 4.69) is 20.5 Å². The summed E-state index contributed by atoms with van der Waals surface area (Å²) in [5.74, 6) is -2.41. The first-order valence-electron chi connectivity index (χ1n) is 13.9. The molecule has 41 heavy (non-hydrogen) atoms. The van der Waals surface area contributed by atoms with E-state index >= 15 is 0 Å². The number of aryl methyl sites for hydroxylation is 1. The van der Waals surface area contributed by atoms with Crippen LogP contribution in [0.5, 0.6) is 5.75 Å². The molecule has 3 aromatic rings. The fourth-order valence-corrected chi connectivity index (χ4v) is 6.74. The van der Waals surface area contributed by atoms with Crippen LogP contribution >= 0.6 is 11.6 Å². The van der Waals surface area contributed by atoms with Crippen molar-refractivity contribution in [2.24, 2.45) is 13.0 Å². The summed E-state index contributed by atoms with van der Waals surface area (Å²) in [6.45, 7) is 2.05. The number of ether oxygens (including phenoxy) is 1. The summed E-state index contributed by atoms with van der Waals surface area (Å²) in [5, 5.41) is 7.13. The Morgan fingerprint density at radius 1 is 1.20 bits per heavy atom. The van der Waals surface area contributed by atoms with Crippen LogP contribution in [0, 0.1) is 5.92 Å². The van der Waals surface area contributed by atoms with Crippen LogP contribution in [0.2, 0.25) is 5.02 Å². The third kappa shape index (κ3) is 4.43. The van der Waals surface area contributed by atoms with Crippen LogP contribution in [0.25, 0.3) is 10.9 Å².